The van der Waals surface area contributed by atoms with Crippen LogP contribution in [0.1, 0.15) is 46.8 Å². The van der Waals surface area contributed by atoms with Gasteiger partial charge in [0.15, 0.2) is 30.1 Å². The fraction of sp³-hybridized carbons (Fsp3) is 0.611. The molecule has 0 radical (unpaired) electrons. The standard InChI is InChI=1S/C18H24FN3O8/c1-5-6-7-27-18(26)21-15-12(19)8-22(17(25)20-15)16-14(30-11(4)24)13(9(2)28-16)29-10(3)23/h8-9,13-14,16H,5-7H2,1-4H3,(H,20,21,25,26)/t9-,13-,14-,16-/m1/s1. The van der Waals surface area contributed by atoms with Crippen molar-refractivity contribution in [2.24, 2.45) is 0 Å². The number of nitrogens with zero attached hydrogens (tertiary/aromatic N) is 2. The zero-order chi connectivity index (χ0) is 22.4. The summed E-state index contributed by atoms with van der Waals surface area (Å²) in [7, 11) is 0. The topological polar surface area (TPSA) is 135 Å². The molecule has 30 heavy (non-hydrogen) atoms. The van der Waals surface area contributed by atoms with Gasteiger partial charge in [-0.3, -0.25) is 19.5 Å². The van der Waals surface area contributed by atoms with E-state index in [0.29, 0.717) is 6.42 Å². The highest BCUT2D eigenvalue weighted by Gasteiger charge is 2.48. The number of halogens is 1. The average Bonchev–Trinajstić information content (AvgIpc) is 2.93. The van der Waals surface area contributed by atoms with Gasteiger partial charge in [-0.1, -0.05) is 13.3 Å². The molecule has 1 saturated heterocycles. The third-order valence-corrected chi connectivity index (χ3v) is 4.16. The molecule has 1 aromatic rings. The van der Waals surface area contributed by atoms with Crippen molar-refractivity contribution in [3.05, 3.63) is 22.5 Å². The van der Waals surface area contributed by atoms with Crippen LogP contribution in [0.25, 0.3) is 0 Å². The van der Waals surface area contributed by atoms with E-state index in [1.807, 2.05) is 6.92 Å². The van der Waals surface area contributed by atoms with Crippen LogP contribution in [0, 0.1) is 5.82 Å². The number of rotatable bonds is 7. The van der Waals surface area contributed by atoms with Gasteiger partial charge in [-0.2, -0.15) is 4.98 Å². The normalized spacial score (nSPS) is 23.0. The molecule has 2 heterocycles. The summed E-state index contributed by atoms with van der Waals surface area (Å²) in [5.41, 5.74) is -0.988. The van der Waals surface area contributed by atoms with Crippen molar-refractivity contribution in [2.45, 2.75) is 65.1 Å². The van der Waals surface area contributed by atoms with Crippen molar-refractivity contribution < 1.29 is 37.7 Å². The van der Waals surface area contributed by atoms with Gasteiger partial charge in [-0.05, 0) is 13.3 Å². The maximum Gasteiger partial charge on any atom is 0.412 e. The SMILES string of the molecule is CCCCOC(=O)Nc1nc(=O)n([C@@H]2O[C@H](C)[C@@H](OC(C)=O)[C@H]2OC(C)=O)cc1F. The summed E-state index contributed by atoms with van der Waals surface area (Å²) in [6.07, 6.45) is -3.06. The third kappa shape index (κ3) is 5.75. The number of carbonyl (C=O) groups is 3. The molecular weight excluding hydrogens is 405 g/mol. The molecule has 1 N–H and O–H groups in total. The smallest absolute Gasteiger partial charge is 0.412 e. The molecule has 4 atom stereocenters. The molecule has 1 aromatic heterocycles. The van der Waals surface area contributed by atoms with E-state index in [9.17, 15) is 23.6 Å². The second-order valence-electron chi connectivity index (χ2n) is 6.62. The van der Waals surface area contributed by atoms with E-state index in [1.165, 1.54) is 6.92 Å². The summed E-state index contributed by atoms with van der Waals surface area (Å²) in [5.74, 6) is -3.03. The minimum absolute atomic E-state index is 0.135. The van der Waals surface area contributed by atoms with E-state index in [4.69, 9.17) is 18.9 Å². The molecule has 2 rings (SSSR count). The molecular formula is C18H24FN3O8. The van der Waals surface area contributed by atoms with Gasteiger partial charge in [0.05, 0.1) is 18.9 Å². The minimum atomic E-state index is -1.30. The molecule has 1 fully saturated rings. The number of hydrogen-bond acceptors (Lipinski definition) is 9. The first-order valence-electron chi connectivity index (χ1n) is 9.36. The van der Waals surface area contributed by atoms with Gasteiger partial charge in [-0.25, -0.2) is 14.0 Å². The Bertz CT molecular complexity index is 858. The Balaban J connectivity index is 2.28. The molecule has 0 unspecified atom stereocenters. The van der Waals surface area contributed by atoms with Gasteiger partial charge in [0.1, 0.15) is 0 Å². The number of aromatic nitrogens is 2. The monoisotopic (exact) mass is 429 g/mol. The van der Waals surface area contributed by atoms with Crippen molar-refractivity contribution in [2.75, 3.05) is 11.9 Å². The molecule has 1 aliphatic heterocycles. The van der Waals surface area contributed by atoms with E-state index < -0.39 is 59.9 Å². The number of ether oxygens (including phenoxy) is 4. The van der Waals surface area contributed by atoms with Crippen molar-refractivity contribution in [1.82, 2.24) is 9.55 Å². The third-order valence-electron chi connectivity index (χ3n) is 4.16. The fourth-order valence-corrected chi connectivity index (χ4v) is 2.86. The maximum absolute atomic E-state index is 14.5. The van der Waals surface area contributed by atoms with Gasteiger partial charge in [0.2, 0.25) is 0 Å². The van der Waals surface area contributed by atoms with E-state index in [0.717, 1.165) is 24.1 Å². The molecule has 12 heteroatoms. The van der Waals surface area contributed by atoms with E-state index >= 15 is 0 Å². The van der Waals surface area contributed by atoms with Crippen LogP contribution in [-0.2, 0) is 28.5 Å². The molecule has 0 aromatic carbocycles. The quantitative estimate of drug-likeness (QED) is 0.389. The lowest BCUT2D eigenvalue weighted by atomic mass is 10.1. The van der Waals surface area contributed by atoms with Crippen LogP contribution < -0.4 is 11.0 Å². The van der Waals surface area contributed by atoms with Gasteiger partial charge in [0.25, 0.3) is 0 Å². The van der Waals surface area contributed by atoms with E-state index in [2.05, 4.69) is 10.3 Å². The van der Waals surface area contributed by atoms with Gasteiger partial charge in [-0.15, -0.1) is 0 Å². The highest BCUT2D eigenvalue weighted by molar-refractivity contribution is 5.83. The predicted molar refractivity (Wildman–Crippen MR) is 99.0 cm³/mol. The van der Waals surface area contributed by atoms with Crippen LogP contribution in [0.3, 0.4) is 0 Å². The average molecular weight is 429 g/mol. The Labute approximate surface area is 171 Å². The summed E-state index contributed by atoms with van der Waals surface area (Å²) in [6.45, 7) is 5.88. The van der Waals surface area contributed by atoms with Gasteiger partial charge >= 0.3 is 23.7 Å². The van der Waals surface area contributed by atoms with Crippen LogP contribution >= 0.6 is 0 Å². The Morgan fingerprint density at radius 2 is 1.87 bits per heavy atom. The predicted octanol–water partition coefficient (Wildman–Crippen LogP) is 1.51. The number of anilines is 1. The van der Waals surface area contributed by atoms with Gasteiger partial charge in [0, 0.05) is 13.8 Å². The number of unbranched alkanes of at least 4 members (excludes halogenated alkanes) is 1. The van der Waals surface area contributed by atoms with E-state index in [1.54, 1.807) is 6.92 Å². The van der Waals surface area contributed by atoms with Crippen molar-refractivity contribution in [1.29, 1.82) is 0 Å². The van der Waals surface area contributed by atoms with Crippen LogP contribution in [-0.4, -0.2) is 52.5 Å². The van der Waals surface area contributed by atoms with Crippen molar-refractivity contribution in [3.8, 4) is 0 Å². The number of esters is 2. The van der Waals surface area contributed by atoms with Crippen molar-refractivity contribution in [3.63, 3.8) is 0 Å². The molecule has 1 aliphatic rings. The summed E-state index contributed by atoms with van der Waals surface area (Å²) >= 11 is 0. The van der Waals surface area contributed by atoms with E-state index in [-0.39, 0.29) is 6.61 Å². The second-order valence-corrected chi connectivity index (χ2v) is 6.62. The Morgan fingerprint density at radius 3 is 2.47 bits per heavy atom. The Morgan fingerprint density at radius 1 is 1.23 bits per heavy atom. The van der Waals surface area contributed by atoms with Crippen LogP contribution in [0.4, 0.5) is 15.0 Å². The Kier molecular flexibility index (Phi) is 7.86. The number of carbonyl (C=O) groups excluding carboxylic acids is 3. The zero-order valence-corrected chi connectivity index (χ0v) is 17.0. The second kappa shape index (κ2) is 10.1. The molecule has 166 valence electrons. The van der Waals surface area contributed by atoms with Crippen LogP contribution in [0.5, 0.6) is 0 Å². The molecule has 11 nitrogen and oxygen atoms in total. The minimum Gasteiger partial charge on any atom is -0.456 e. The maximum atomic E-state index is 14.5. The first-order chi connectivity index (χ1) is 14.1. The molecule has 0 saturated carbocycles. The summed E-state index contributed by atoms with van der Waals surface area (Å²) < 4.78 is 36.0. The molecule has 0 aliphatic carbocycles. The lowest BCUT2D eigenvalue weighted by Gasteiger charge is -2.23. The first-order valence-corrected chi connectivity index (χ1v) is 9.36. The molecule has 0 spiro atoms. The number of amides is 1. The fourth-order valence-electron chi connectivity index (χ4n) is 2.86. The highest BCUT2D eigenvalue weighted by Crippen LogP contribution is 2.33. The zero-order valence-electron chi connectivity index (χ0n) is 17.0. The summed E-state index contributed by atoms with van der Waals surface area (Å²) in [4.78, 5) is 50.5. The largest absolute Gasteiger partial charge is 0.456 e. The molecule has 0 bridgehead atoms. The lowest BCUT2D eigenvalue weighted by Crippen LogP contribution is -2.40. The number of hydrogen-bond donors (Lipinski definition) is 1. The van der Waals surface area contributed by atoms with Crippen LogP contribution in [0.2, 0.25) is 0 Å². The summed E-state index contributed by atoms with van der Waals surface area (Å²) in [5, 5.41) is 2.06. The first kappa shape index (κ1) is 23.3. The van der Waals surface area contributed by atoms with Crippen molar-refractivity contribution >= 4 is 23.8 Å². The molecule has 1 amide bonds. The van der Waals surface area contributed by atoms with Gasteiger partial charge < -0.3 is 18.9 Å². The Hall–Kier alpha value is -3.02. The van der Waals surface area contributed by atoms with Crippen LogP contribution in [0.15, 0.2) is 11.0 Å². The summed E-state index contributed by atoms with van der Waals surface area (Å²) in [6, 6.07) is 0. The number of nitrogens with one attached hydrogen (secondary N) is 1. The lowest BCUT2D eigenvalue weighted by molar-refractivity contribution is -0.165. The highest BCUT2D eigenvalue weighted by atomic mass is 19.1.